The Morgan fingerprint density at radius 2 is 2.11 bits per heavy atom. The summed E-state index contributed by atoms with van der Waals surface area (Å²) in [4.78, 5) is 0. The fraction of sp³-hybridized carbons (Fsp3) is 0.769. The maximum Gasteiger partial charge on any atom is 0.490 e. The first-order chi connectivity index (χ1) is 8.42. The highest BCUT2D eigenvalue weighted by atomic mass is 16.7. The van der Waals surface area contributed by atoms with Crippen LogP contribution >= 0.6 is 0 Å². The van der Waals surface area contributed by atoms with E-state index >= 15 is 0 Å². The van der Waals surface area contributed by atoms with E-state index in [2.05, 4.69) is 39.7 Å². The number of hydrogen-bond donors (Lipinski definition) is 0. The third-order valence-electron chi connectivity index (χ3n) is 4.65. The minimum absolute atomic E-state index is 0.167. The fourth-order valence-electron chi connectivity index (χ4n) is 2.64. The smallest absolute Gasteiger partial charge is 0.400 e. The van der Waals surface area contributed by atoms with Gasteiger partial charge in [0.15, 0.2) is 0 Å². The summed E-state index contributed by atoms with van der Waals surface area (Å²) in [5, 5.41) is 8.91. The van der Waals surface area contributed by atoms with Crippen molar-refractivity contribution in [3.05, 3.63) is 11.5 Å². The first kappa shape index (κ1) is 13.7. The number of allylic oxidation sites excluding steroid dienone is 2. The molecule has 0 bridgehead atoms. The summed E-state index contributed by atoms with van der Waals surface area (Å²) in [6, 6.07) is 0. The molecule has 3 nitrogen and oxygen atoms in total. The van der Waals surface area contributed by atoms with Crippen LogP contribution in [0.15, 0.2) is 11.5 Å². The Morgan fingerprint density at radius 1 is 1.39 bits per heavy atom. The van der Waals surface area contributed by atoms with Crippen LogP contribution in [0.2, 0.25) is 12.6 Å². The second-order valence-electron chi connectivity index (χ2n) is 6.04. The van der Waals surface area contributed by atoms with Gasteiger partial charge in [-0.3, -0.25) is 0 Å². The van der Waals surface area contributed by atoms with E-state index in [4.69, 9.17) is 14.6 Å². The van der Waals surface area contributed by atoms with Gasteiger partial charge >= 0.3 is 7.12 Å². The predicted molar refractivity (Wildman–Crippen MR) is 74.4 cm³/mol. The zero-order valence-electron chi connectivity index (χ0n) is 11.8. The van der Waals surface area contributed by atoms with Crippen molar-refractivity contribution in [3.63, 3.8) is 0 Å². The molecule has 0 amide bonds. The van der Waals surface area contributed by atoms with E-state index in [1.165, 1.54) is 5.47 Å². The molecule has 1 saturated heterocycles. The summed E-state index contributed by atoms with van der Waals surface area (Å²) in [6.45, 7) is 8.61. The lowest BCUT2D eigenvalue weighted by Crippen LogP contribution is -2.44. The van der Waals surface area contributed by atoms with Gasteiger partial charge in [0, 0.05) is 5.97 Å². The zero-order chi connectivity index (χ0) is 13.4. The van der Waals surface area contributed by atoms with Crippen molar-refractivity contribution >= 4 is 13.8 Å². The van der Waals surface area contributed by atoms with Gasteiger partial charge in [0.05, 0.1) is 11.2 Å². The van der Waals surface area contributed by atoms with Gasteiger partial charge in [-0.25, -0.2) is 5.26 Å². The Kier molecular flexibility index (Phi) is 3.62. The van der Waals surface area contributed by atoms with Crippen LogP contribution in [0.3, 0.4) is 0 Å². The lowest BCUT2D eigenvalue weighted by molar-refractivity contribution is -0.0118. The van der Waals surface area contributed by atoms with Crippen molar-refractivity contribution in [2.45, 2.75) is 64.4 Å². The van der Waals surface area contributed by atoms with E-state index in [1.54, 1.807) is 0 Å². The summed E-state index contributed by atoms with van der Waals surface area (Å²) in [7, 11) is -0.218. The maximum absolute atomic E-state index is 8.91. The van der Waals surface area contributed by atoms with Crippen LogP contribution in [0.5, 0.6) is 0 Å². The molecule has 0 aromatic carbocycles. The lowest BCUT2D eigenvalue weighted by atomic mass is 9.42. The molecule has 1 fully saturated rings. The largest absolute Gasteiger partial charge is 0.490 e. The second kappa shape index (κ2) is 4.75. The van der Waals surface area contributed by atoms with E-state index in [1.807, 2.05) is 0 Å². The van der Waals surface area contributed by atoms with E-state index in [9.17, 15) is 0 Å². The van der Waals surface area contributed by atoms with E-state index in [0.29, 0.717) is 0 Å². The standard InChI is InChI=1S/C13H21B2NO2/c1-5-13(4)12(2,3)17-15(18-13)11-6-8-14(10-16)9-7-11/h6H,5,7-9H2,1-4H3. The summed E-state index contributed by atoms with van der Waals surface area (Å²) in [5.41, 5.74) is 0.718. The zero-order valence-corrected chi connectivity index (χ0v) is 11.8. The molecule has 2 rings (SSSR count). The summed E-state index contributed by atoms with van der Waals surface area (Å²) < 4.78 is 12.2. The van der Waals surface area contributed by atoms with Crippen LogP contribution in [0.25, 0.3) is 0 Å². The highest BCUT2D eigenvalue weighted by Gasteiger charge is 2.54. The SMILES string of the molecule is CCC1(C)OB(C2=CCB(C#N)CC2)OC1(C)C. The Morgan fingerprint density at radius 3 is 2.56 bits per heavy atom. The van der Waals surface area contributed by atoms with Gasteiger partial charge < -0.3 is 9.31 Å². The molecule has 5 heteroatoms. The van der Waals surface area contributed by atoms with Crippen LogP contribution < -0.4 is 0 Å². The number of rotatable bonds is 2. The third-order valence-corrected chi connectivity index (χ3v) is 4.65. The lowest BCUT2D eigenvalue weighted by Gasteiger charge is -2.35. The molecular formula is C13H21B2NO2. The summed E-state index contributed by atoms with van der Waals surface area (Å²) in [6.07, 6.45) is 5.75. The van der Waals surface area contributed by atoms with Gasteiger partial charge in [0.2, 0.25) is 0 Å². The Labute approximate surface area is 111 Å². The normalized spacial score (nSPS) is 31.2. The quantitative estimate of drug-likeness (QED) is 0.702. The molecule has 0 radical (unpaired) electrons. The van der Waals surface area contributed by atoms with Gasteiger partial charge in [-0.1, -0.05) is 19.3 Å². The van der Waals surface area contributed by atoms with Crippen LogP contribution in [-0.2, 0) is 9.31 Å². The molecule has 2 aliphatic heterocycles. The minimum Gasteiger partial charge on any atom is -0.400 e. The van der Waals surface area contributed by atoms with E-state index < -0.39 is 0 Å². The molecule has 0 N–H and O–H groups in total. The molecule has 0 aromatic heterocycles. The van der Waals surface area contributed by atoms with Gasteiger partial charge in [-0.15, -0.1) is 0 Å². The number of hydrogen-bond acceptors (Lipinski definition) is 3. The molecule has 2 heterocycles. The monoisotopic (exact) mass is 245 g/mol. The molecular weight excluding hydrogens is 224 g/mol. The molecule has 0 spiro atoms. The Bertz CT molecular complexity index is 402. The number of nitriles is 1. The average Bonchev–Trinajstić information content (AvgIpc) is 2.61. The first-order valence-electron chi connectivity index (χ1n) is 6.86. The van der Waals surface area contributed by atoms with Gasteiger partial charge in [0.1, 0.15) is 0 Å². The van der Waals surface area contributed by atoms with Crippen molar-refractivity contribution < 1.29 is 9.31 Å². The van der Waals surface area contributed by atoms with Crippen molar-refractivity contribution in [2.75, 3.05) is 0 Å². The van der Waals surface area contributed by atoms with Crippen molar-refractivity contribution in [2.24, 2.45) is 0 Å². The highest BCUT2D eigenvalue weighted by molar-refractivity contribution is 6.68. The molecule has 0 aromatic rings. The highest BCUT2D eigenvalue weighted by Crippen LogP contribution is 2.42. The van der Waals surface area contributed by atoms with Crippen LogP contribution in [-0.4, -0.2) is 25.0 Å². The molecule has 96 valence electrons. The molecule has 18 heavy (non-hydrogen) atoms. The predicted octanol–water partition coefficient (Wildman–Crippen LogP) is 2.90. The summed E-state index contributed by atoms with van der Waals surface area (Å²) >= 11 is 0. The minimum atomic E-state index is -0.265. The van der Waals surface area contributed by atoms with E-state index in [0.717, 1.165) is 25.5 Å². The summed E-state index contributed by atoms with van der Waals surface area (Å²) in [5.74, 6) is 2.33. The van der Waals surface area contributed by atoms with Gasteiger partial charge in [-0.05, 0) is 45.4 Å². The van der Waals surface area contributed by atoms with Crippen LogP contribution in [0, 0.1) is 11.2 Å². The average molecular weight is 245 g/mol. The fourth-order valence-corrected chi connectivity index (χ4v) is 2.64. The van der Waals surface area contributed by atoms with Crippen LogP contribution in [0.1, 0.15) is 40.5 Å². The van der Waals surface area contributed by atoms with Crippen LogP contribution in [0.4, 0.5) is 0 Å². The maximum atomic E-state index is 8.91. The topological polar surface area (TPSA) is 42.2 Å². The number of nitrogens with zero attached hydrogens (tertiary/aromatic N) is 1. The van der Waals surface area contributed by atoms with E-state index in [-0.39, 0.29) is 25.0 Å². The molecule has 1 atom stereocenters. The molecule has 0 aliphatic carbocycles. The second-order valence-corrected chi connectivity index (χ2v) is 6.04. The van der Waals surface area contributed by atoms with Gasteiger partial charge in [-0.2, -0.15) is 0 Å². The van der Waals surface area contributed by atoms with Crippen molar-refractivity contribution in [1.29, 1.82) is 5.26 Å². The van der Waals surface area contributed by atoms with Gasteiger partial charge in [0.25, 0.3) is 6.71 Å². The molecule has 0 saturated carbocycles. The first-order valence-corrected chi connectivity index (χ1v) is 6.86. The molecule has 2 aliphatic rings. The Hall–Kier alpha value is -0.720. The third kappa shape index (κ3) is 2.24. The Balaban J connectivity index is 2.10. The van der Waals surface area contributed by atoms with Crippen molar-refractivity contribution in [1.82, 2.24) is 0 Å². The van der Waals surface area contributed by atoms with Crippen molar-refractivity contribution in [3.8, 4) is 5.97 Å². The molecule has 1 unspecified atom stereocenters.